The molecule has 0 fully saturated rings. The number of nitrogens with one attached hydrogen (secondary N) is 1. The van der Waals surface area contributed by atoms with Crippen LogP contribution in [-0.4, -0.2) is 52.7 Å². The third-order valence-electron chi connectivity index (χ3n) is 5.74. The molecule has 0 spiro atoms. The van der Waals surface area contributed by atoms with Gasteiger partial charge in [-0.15, -0.1) is 14.8 Å². The van der Waals surface area contributed by atoms with E-state index in [1.807, 2.05) is 48.9 Å². The van der Waals surface area contributed by atoms with E-state index in [1.54, 1.807) is 31.0 Å². The van der Waals surface area contributed by atoms with Gasteiger partial charge in [-0.2, -0.15) is 0 Å². The molecule has 1 N–H and O–H groups in total. The molecule has 0 aliphatic rings. The van der Waals surface area contributed by atoms with Crippen LogP contribution in [-0.2, 0) is 16.6 Å². The molecule has 2 heterocycles. The van der Waals surface area contributed by atoms with Crippen LogP contribution in [0, 0.1) is 6.92 Å². The topological polar surface area (TPSA) is 101 Å². The van der Waals surface area contributed by atoms with Gasteiger partial charge in [-0.1, -0.05) is 19.4 Å². The van der Waals surface area contributed by atoms with E-state index in [0.717, 1.165) is 35.4 Å². The molecule has 0 atom stereocenters. The zero-order valence-corrected chi connectivity index (χ0v) is 21.2. The molecule has 0 saturated heterocycles. The summed E-state index contributed by atoms with van der Waals surface area (Å²) in [4.78, 5) is 12.1. The number of methoxy groups -OCH3 is 2. The van der Waals surface area contributed by atoms with Crippen LogP contribution in [0.3, 0.4) is 0 Å². The molecule has 2 aromatic carbocycles. The molecular formula is C26H31N5O5. The number of ether oxygens (including phenoxy) is 4. The Bertz CT molecular complexity index is 1320. The van der Waals surface area contributed by atoms with Gasteiger partial charge in [0, 0.05) is 24.9 Å². The zero-order valence-electron chi connectivity index (χ0n) is 21.2. The number of rotatable bonds is 11. The fourth-order valence-corrected chi connectivity index (χ4v) is 3.84. The van der Waals surface area contributed by atoms with Crippen LogP contribution in [0.25, 0.3) is 17.0 Å². The van der Waals surface area contributed by atoms with Crippen LogP contribution in [0.2, 0.25) is 0 Å². The predicted molar refractivity (Wildman–Crippen MR) is 136 cm³/mol. The fourth-order valence-electron chi connectivity index (χ4n) is 3.84. The first kappa shape index (κ1) is 25.1. The lowest BCUT2D eigenvalue weighted by atomic mass is 10.2. The standard InChI is InChI=1S/C26H31N5O5/c1-6-7-15-35-16-22(32)27-19-13-11-18(12-14-19)24-28-31-26(30(24)3)17(2)25(29-31)36-23-20(33-4)9-8-10-21(23)34-5/h8-14H,6-7,15-16H2,1-5H3,(H,27,32). The second-order valence-corrected chi connectivity index (χ2v) is 8.25. The smallest absolute Gasteiger partial charge is 0.250 e. The van der Waals surface area contributed by atoms with E-state index in [0.29, 0.717) is 35.4 Å². The minimum atomic E-state index is -0.177. The fraction of sp³-hybridized carbons (Fsp3) is 0.346. The third-order valence-corrected chi connectivity index (χ3v) is 5.74. The summed E-state index contributed by atoms with van der Waals surface area (Å²) in [6, 6.07) is 12.9. The monoisotopic (exact) mass is 493 g/mol. The van der Waals surface area contributed by atoms with Gasteiger partial charge in [0.15, 0.2) is 23.0 Å². The molecule has 0 unspecified atom stereocenters. The molecule has 190 valence electrons. The van der Waals surface area contributed by atoms with Gasteiger partial charge in [-0.3, -0.25) is 4.79 Å². The molecule has 0 aliphatic heterocycles. The zero-order chi connectivity index (χ0) is 25.7. The number of anilines is 1. The quantitative estimate of drug-likeness (QED) is 0.305. The van der Waals surface area contributed by atoms with Crippen molar-refractivity contribution in [3.8, 4) is 34.5 Å². The van der Waals surface area contributed by atoms with E-state index in [2.05, 4.69) is 22.4 Å². The van der Waals surface area contributed by atoms with E-state index in [-0.39, 0.29) is 12.5 Å². The first-order valence-corrected chi connectivity index (χ1v) is 11.8. The Morgan fingerprint density at radius 1 is 1.03 bits per heavy atom. The lowest BCUT2D eigenvalue weighted by Gasteiger charge is -2.12. The number of para-hydroxylation sites is 1. The normalized spacial score (nSPS) is 11.0. The predicted octanol–water partition coefficient (Wildman–Crippen LogP) is 4.61. The molecule has 10 nitrogen and oxygen atoms in total. The van der Waals surface area contributed by atoms with Gasteiger partial charge < -0.3 is 28.8 Å². The van der Waals surface area contributed by atoms with Crippen LogP contribution in [0.1, 0.15) is 25.3 Å². The number of carbonyl (C=O) groups is 1. The summed E-state index contributed by atoms with van der Waals surface area (Å²) in [6.45, 7) is 4.63. The Balaban J connectivity index is 1.53. The van der Waals surface area contributed by atoms with Gasteiger partial charge in [0.25, 0.3) is 0 Å². The molecule has 4 rings (SSSR count). The highest BCUT2D eigenvalue weighted by Gasteiger charge is 2.21. The summed E-state index contributed by atoms with van der Waals surface area (Å²) < 4.78 is 25.8. The third kappa shape index (κ3) is 5.13. The van der Waals surface area contributed by atoms with Crippen LogP contribution >= 0.6 is 0 Å². The lowest BCUT2D eigenvalue weighted by Crippen LogP contribution is -2.18. The van der Waals surface area contributed by atoms with E-state index in [4.69, 9.17) is 18.9 Å². The van der Waals surface area contributed by atoms with Gasteiger partial charge in [0.1, 0.15) is 6.61 Å². The Morgan fingerprint density at radius 3 is 2.33 bits per heavy atom. The van der Waals surface area contributed by atoms with Gasteiger partial charge in [-0.05, 0) is 49.7 Å². The molecular weight excluding hydrogens is 462 g/mol. The first-order valence-electron chi connectivity index (χ1n) is 11.8. The molecule has 1 amide bonds. The van der Waals surface area contributed by atoms with Crippen molar-refractivity contribution in [3.05, 3.63) is 48.0 Å². The first-order chi connectivity index (χ1) is 17.5. The highest BCUT2D eigenvalue weighted by Crippen LogP contribution is 2.41. The lowest BCUT2D eigenvalue weighted by molar-refractivity contribution is -0.120. The number of hydrogen-bond acceptors (Lipinski definition) is 7. The summed E-state index contributed by atoms with van der Waals surface area (Å²) in [5, 5.41) is 12.0. The number of benzene rings is 2. The Morgan fingerprint density at radius 2 is 1.72 bits per heavy atom. The van der Waals surface area contributed by atoms with Crippen LogP contribution in [0.5, 0.6) is 23.1 Å². The number of aryl methyl sites for hydroxylation is 2. The average molecular weight is 494 g/mol. The van der Waals surface area contributed by atoms with Crippen molar-refractivity contribution in [2.45, 2.75) is 26.7 Å². The van der Waals surface area contributed by atoms with E-state index >= 15 is 0 Å². The molecule has 0 aliphatic carbocycles. The van der Waals surface area contributed by atoms with Gasteiger partial charge >= 0.3 is 0 Å². The molecule has 0 saturated carbocycles. The van der Waals surface area contributed by atoms with E-state index in [9.17, 15) is 4.79 Å². The van der Waals surface area contributed by atoms with Crippen molar-refractivity contribution in [1.29, 1.82) is 0 Å². The summed E-state index contributed by atoms with van der Waals surface area (Å²) in [5.74, 6) is 2.48. The number of hydrogen-bond donors (Lipinski definition) is 1. The highest BCUT2D eigenvalue weighted by atomic mass is 16.5. The molecule has 36 heavy (non-hydrogen) atoms. The Kier molecular flexibility index (Phi) is 7.74. The SMILES string of the molecule is CCCCOCC(=O)Nc1ccc(-c2nn3nc(Oc4c(OC)cccc4OC)c(C)c3n2C)cc1. The number of amides is 1. The summed E-state index contributed by atoms with van der Waals surface area (Å²) in [7, 11) is 5.07. The molecule has 0 radical (unpaired) electrons. The van der Waals surface area contributed by atoms with Crippen molar-refractivity contribution in [3.63, 3.8) is 0 Å². The Hall–Kier alpha value is -4.05. The summed E-state index contributed by atoms with van der Waals surface area (Å²) in [5.41, 5.74) is 3.18. The maximum atomic E-state index is 12.1. The second kappa shape index (κ2) is 11.1. The molecule has 4 aromatic rings. The summed E-state index contributed by atoms with van der Waals surface area (Å²) in [6.07, 6.45) is 1.97. The van der Waals surface area contributed by atoms with Gasteiger partial charge in [-0.25, -0.2) is 0 Å². The highest BCUT2D eigenvalue weighted by molar-refractivity contribution is 5.91. The minimum Gasteiger partial charge on any atom is -0.493 e. The Labute approximate surface area is 209 Å². The van der Waals surface area contributed by atoms with Crippen molar-refractivity contribution in [2.75, 3.05) is 32.8 Å². The van der Waals surface area contributed by atoms with Gasteiger partial charge in [0.2, 0.25) is 17.5 Å². The summed E-state index contributed by atoms with van der Waals surface area (Å²) >= 11 is 0. The number of unbranched alkanes of at least 4 members (excludes halogenated alkanes) is 1. The number of aromatic nitrogens is 4. The van der Waals surface area contributed by atoms with Gasteiger partial charge in [0.05, 0.1) is 19.8 Å². The van der Waals surface area contributed by atoms with Crippen molar-refractivity contribution < 1.29 is 23.7 Å². The number of nitrogens with zero attached hydrogens (tertiary/aromatic N) is 4. The molecule has 0 bridgehead atoms. The van der Waals surface area contributed by atoms with Crippen LogP contribution < -0.4 is 19.5 Å². The van der Waals surface area contributed by atoms with E-state index < -0.39 is 0 Å². The maximum absolute atomic E-state index is 12.1. The minimum absolute atomic E-state index is 0.0444. The van der Waals surface area contributed by atoms with Crippen molar-refractivity contribution in [2.24, 2.45) is 7.05 Å². The second-order valence-electron chi connectivity index (χ2n) is 8.25. The molecule has 2 aromatic heterocycles. The van der Waals surface area contributed by atoms with Crippen molar-refractivity contribution in [1.82, 2.24) is 19.4 Å². The van der Waals surface area contributed by atoms with Crippen LogP contribution in [0.15, 0.2) is 42.5 Å². The number of fused-ring (bicyclic) bond motifs is 1. The average Bonchev–Trinajstić information content (AvgIpc) is 3.37. The van der Waals surface area contributed by atoms with E-state index in [1.165, 1.54) is 0 Å². The largest absolute Gasteiger partial charge is 0.493 e. The molecule has 10 heteroatoms. The van der Waals surface area contributed by atoms with Crippen molar-refractivity contribution >= 4 is 17.2 Å². The van der Waals surface area contributed by atoms with Crippen LogP contribution in [0.4, 0.5) is 5.69 Å². The number of carbonyl (C=O) groups excluding carboxylic acids is 1. The maximum Gasteiger partial charge on any atom is 0.250 e.